The number of methoxy groups -OCH3 is 1. The summed E-state index contributed by atoms with van der Waals surface area (Å²) >= 11 is 3.52. The van der Waals surface area contributed by atoms with Crippen LogP contribution in [0.25, 0.3) is 10.7 Å². The second-order valence-corrected chi connectivity index (χ2v) is 6.59. The van der Waals surface area contributed by atoms with E-state index in [4.69, 9.17) is 4.74 Å². The number of nitrogens with zero attached hydrogens (tertiary/aromatic N) is 3. The third-order valence-electron chi connectivity index (χ3n) is 3.04. The first-order valence-electron chi connectivity index (χ1n) is 6.50. The monoisotopic (exact) mass is 295 g/mol. The molecule has 0 spiro atoms. The number of hydrogen-bond acceptors (Lipinski definition) is 5. The van der Waals surface area contributed by atoms with E-state index < -0.39 is 0 Å². The lowest BCUT2D eigenvalue weighted by Gasteiger charge is -2.07. The molecule has 2 aromatic heterocycles. The summed E-state index contributed by atoms with van der Waals surface area (Å²) in [6, 6.07) is 4.79. The summed E-state index contributed by atoms with van der Waals surface area (Å²) < 4.78 is 7.40. The third-order valence-corrected chi connectivity index (χ3v) is 4.94. The Kier molecular flexibility index (Phi) is 4.20. The SMILES string of the molecule is COCCCSc1nnc(-c2cccs2)n1C1CC1. The Bertz CT molecular complexity index is 520. The molecule has 19 heavy (non-hydrogen) atoms. The van der Waals surface area contributed by atoms with Crippen LogP contribution in [0.4, 0.5) is 0 Å². The molecule has 2 aromatic rings. The van der Waals surface area contributed by atoms with Crippen LogP contribution in [0.5, 0.6) is 0 Å². The van der Waals surface area contributed by atoms with E-state index >= 15 is 0 Å². The molecule has 0 radical (unpaired) electrons. The van der Waals surface area contributed by atoms with Crippen molar-refractivity contribution >= 4 is 23.1 Å². The number of rotatable bonds is 7. The van der Waals surface area contributed by atoms with Crippen LogP contribution in [0.2, 0.25) is 0 Å². The van der Waals surface area contributed by atoms with Crippen molar-refractivity contribution in [2.75, 3.05) is 19.5 Å². The first-order valence-corrected chi connectivity index (χ1v) is 8.37. The quantitative estimate of drug-likeness (QED) is 0.579. The number of thiophene rings is 1. The lowest BCUT2D eigenvalue weighted by Crippen LogP contribution is -1.99. The van der Waals surface area contributed by atoms with Crippen LogP contribution in [0.15, 0.2) is 22.7 Å². The highest BCUT2D eigenvalue weighted by atomic mass is 32.2. The zero-order valence-corrected chi connectivity index (χ0v) is 12.5. The summed E-state index contributed by atoms with van der Waals surface area (Å²) in [7, 11) is 1.74. The highest BCUT2D eigenvalue weighted by Crippen LogP contribution is 2.41. The molecular weight excluding hydrogens is 278 g/mol. The smallest absolute Gasteiger partial charge is 0.191 e. The van der Waals surface area contributed by atoms with Crippen LogP contribution in [0.3, 0.4) is 0 Å². The Morgan fingerprint density at radius 3 is 3.05 bits per heavy atom. The van der Waals surface area contributed by atoms with Gasteiger partial charge in [-0.05, 0) is 30.7 Å². The van der Waals surface area contributed by atoms with Gasteiger partial charge in [0.05, 0.1) is 4.88 Å². The van der Waals surface area contributed by atoms with Crippen LogP contribution in [0, 0.1) is 0 Å². The van der Waals surface area contributed by atoms with E-state index in [1.807, 2.05) is 0 Å². The summed E-state index contributed by atoms with van der Waals surface area (Å²) in [6.45, 7) is 0.808. The van der Waals surface area contributed by atoms with Crippen molar-refractivity contribution < 1.29 is 4.74 Å². The van der Waals surface area contributed by atoms with Gasteiger partial charge in [-0.25, -0.2) is 0 Å². The van der Waals surface area contributed by atoms with E-state index in [0.29, 0.717) is 6.04 Å². The average molecular weight is 295 g/mol. The molecule has 0 amide bonds. The molecule has 0 aromatic carbocycles. The maximum absolute atomic E-state index is 5.08. The van der Waals surface area contributed by atoms with Gasteiger partial charge in [0.25, 0.3) is 0 Å². The van der Waals surface area contributed by atoms with Gasteiger partial charge in [-0.3, -0.25) is 4.57 Å². The molecule has 2 heterocycles. The number of hydrogen-bond donors (Lipinski definition) is 0. The molecule has 1 aliphatic rings. The van der Waals surface area contributed by atoms with Gasteiger partial charge >= 0.3 is 0 Å². The van der Waals surface area contributed by atoms with E-state index in [-0.39, 0.29) is 0 Å². The van der Waals surface area contributed by atoms with Gasteiger partial charge in [0.2, 0.25) is 0 Å². The average Bonchev–Trinajstić information content (AvgIpc) is 2.96. The summed E-state index contributed by atoms with van der Waals surface area (Å²) in [4.78, 5) is 1.21. The Morgan fingerprint density at radius 1 is 1.47 bits per heavy atom. The summed E-state index contributed by atoms with van der Waals surface area (Å²) in [5, 5.41) is 11.9. The van der Waals surface area contributed by atoms with E-state index in [1.165, 1.54) is 17.7 Å². The van der Waals surface area contributed by atoms with Crippen LogP contribution in [-0.2, 0) is 4.74 Å². The second-order valence-electron chi connectivity index (χ2n) is 4.58. The maximum Gasteiger partial charge on any atom is 0.191 e. The molecule has 0 N–H and O–H groups in total. The highest BCUT2D eigenvalue weighted by Gasteiger charge is 2.30. The van der Waals surface area contributed by atoms with E-state index in [9.17, 15) is 0 Å². The first kappa shape index (κ1) is 13.1. The van der Waals surface area contributed by atoms with Crippen molar-refractivity contribution in [3.05, 3.63) is 17.5 Å². The summed E-state index contributed by atoms with van der Waals surface area (Å²) in [6.07, 6.45) is 3.55. The predicted molar refractivity (Wildman–Crippen MR) is 78.8 cm³/mol. The fourth-order valence-electron chi connectivity index (χ4n) is 1.98. The number of aromatic nitrogens is 3. The molecule has 1 fully saturated rings. The molecule has 0 saturated heterocycles. The molecule has 0 bridgehead atoms. The van der Waals surface area contributed by atoms with Crippen LogP contribution in [0.1, 0.15) is 25.3 Å². The second kappa shape index (κ2) is 6.07. The van der Waals surface area contributed by atoms with E-state index in [0.717, 1.165) is 29.8 Å². The van der Waals surface area contributed by atoms with Gasteiger partial charge in [0.1, 0.15) is 0 Å². The fraction of sp³-hybridized carbons (Fsp3) is 0.538. The highest BCUT2D eigenvalue weighted by molar-refractivity contribution is 7.99. The summed E-state index contributed by atoms with van der Waals surface area (Å²) in [5.41, 5.74) is 0. The minimum Gasteiger partial charge on any atom is -0.385 e. The lowest BCUT2D eigenvalue weighted by molar-refractivity contribution is 0.200. The molecule has 1 aliphatic carbocycles. The molecule has 0 aliphatic heterocycles. The minimum atomic E-state index is 0.608. The van der Waals surface area contributed by atoms with Crippen molar-refractivity contribution in [1.82, 2.24) is 14.8 Å². The van der Waals surface area contributed by atoms with Crippen molar-refractivity contribution in [1.29, 1.82) is 0 Å². The van der Waals surface area contributed by atoms with Crippen LogP contribution in [-0.4, -0.2) is 34.2 Å². The van der Waals surface area contributed by atoms with Crippen LogP contribution < -0.4 is 0 Å². The topological polar surface area (TPSA) is 39.9 Å². The predicted octanol–water partition coefficient (Wildman–Crippen LogP) is 3.47. The number of ether oxygens (including phenoxy) is 1. The molecule has 1 saturated carbocycles. The Labute approximate surface area is 121 Å². The van der Waals surface area contributed by atoms with Crippen molar-refractivity contribution in [3.8, 4) is 10.7 Å². The Hall–Kier alpha value is -0.850. The zero-order chi connectivity index (χ0) is 13.1. The van der Waals surface area contributed by atoms with Gasteiger partial charge < -0.3 is 4.74 Å². The van der Waals surface area contributed by atoms with Gasteiger partial charge in [0, 0.05) is 25.5 Å². The minimum absolute atomic E-state index is 0.608. The van der Waals surface area contributed by atoms with Gasteiger partial charge in [-0.15, -0.1) is 21.5 Å². The zero-order valence-electron chi connectivity index (χ0n) is 10.9. The molecular formula is C13H17N3OS2. The fourth-order valence-corrected chi connectivity index (χ4v) is 3.60. The molecule has 0 unspecified atom stereocenters. The van der Waals surface area contributed by atoms with Crippen molar-refractivity contribution in [2.24, 2.45) is 0 Å². The summed E-state index contributed by atoms with van der Waals surface area (Å²) in [5.74, 6) is 2.06. The Morgan fingerprint density at radius 2 is 2.37 bits per heavy atom. The first-order chi connectivity index (χ1) is 9.40. The maximum atomic E-state index is 5.08. The van der Waals surface area contributed by atoms with Gasteiger partial charge in [-0.2, -0.15) is 0 Å². The van der Waals surface area contributed by atoms with Gasteiger partial charge in [0.15, 0.2) is 11.0 Å². The number of thioether (sulfide) groups is 1. The van der Waals surface area contributed by atoms with Crippen molar-refractivity contribution in [2.45, 2.75) is 30.5 Å². The molecule has 102 valence electrons. The van der Waals surface area contributed by atoms with Crippen LogP contribution >= 0.6 is 23.1 Å². The molecule has 4 nitrogen and oxygen atoms in total. The van der Waals surface area contributed by atoms with Gasteiger partial charge in [-0.1, -0.05) is 17.8 Å². The van der Waals surface area contributed by atoms with Crippen molar-refractivity contribution in [3.63, 3.8) is 0 Å². The lowest BCUT2D eigenvalue weighted by atomic mass is 10.4. The largest absolute Gasteiger partial charge is 0.385 e. The normalized spacial score (nSPS) is 15.0. The molecule has 0 atom stereocenters. The Balaban J connectivity index is 1.77. The van der Waals surface area contributed by atoms with E-state index in [2.05, 4.69) is 32.3 Å². The standard InChI is InChI=1S/C13H17N3OS2/c1-17-7-3-9-19-13-15-14-12(11-4-2-8-18-11)16(13)10-5-6-10/h2,4,8,10H,3,5-7,9H2,1H3. The molecule has 3 rings (SSSR count). The molecule has 6 heteroatoms. The van der Waals surface area contributed by atoms with E-state index in [1.54, 1.807) is 30.2 Å². The third kappa shape index (κ3) is 3.01.